The van der Waals surface area contributed by atoms with Gasteiger partial charge in [-0.25, -0.2) is 4.98 Å². The summed E-state index contributed by atoms with van der Waals surface area (Å²) in [6.07, 6.45) is 8.76. The van der Waals surface area contributed by atoms with Crippen molar-refractivity contribution in [2.24, 2.45) is 22.8 Å². The van der Waals surface area contributed by atoms with Crippen molar-refractivity contribution in [1.29, 1.82) is 0 Å². The second-order valence-corrected chi connectivity index (χ2v) is 15.1. The number of carbonyl (C=O) groups excluding carboxylic acids is 2. The zero-order valence-electron chi connectivity index (χ0n) is 28.5. The average molecular weight is 790 g/mol. The summed E-state index contributed by atoms with van der Waals surface area (Å²) in [4.78, 5) is 35.4. The summed E-state index contributed by atoms with van der Waals surface area (Å²) in [5, 5.41) is 16.7. The molecule has 1 aromatic heterocycles. The Morgan fingerprint density at radius 2 is 1.88 bits per heavy atom. The van der Waals surface area contributed by atoms with Crippen molar-refractivity contribution in [3.63, 3.8) is 0 Å². The number of anilines is 2. The molecule has 0 radical (unpaired) electrons. The van der Waals surface area contributed by atoms with Crippen molar-refractivity contribution in [2.75, 3.05) is 49.5 Å². The lowest BCUT2D eigenvalue weighted by Crippen LogP contribution is -2.50. The number of amides is 2. The van der Waals surface area contributed by atoms with Crippen molar-refractivity contribution in [1.82, 2.24) is 15.2 Å². The normalized spacial score (nSPS) is 20.6. The molecule has 1 spiro atoms. The molecule has 268 valence electrons. The van der Waals surface area contributed by atoms with Gasteiger partial charge in [0, 0.05) is 62.8 Å². The Balaban J connectivity index is 1.06. The van der Waals surface area contributed by atoms with Crippen LogP contribution in [0.4, 0.5) is 11.6 Å². The number of pyridine rings is 1. The van der Waals surface area contributed by atoms with Gasteiger partial charge in [0.05, 0.1) is 6.10 Å². The summed E-state index contributed by atoms with van der Waals surface area (Å²) in [5.41, 5.74) is 14.9. The van der Waals surface area contributed by atoms with Crippen LogP contribution in [0.5, 0.6) is 5.75 Å². The zero-order chi connectivity index (χ0) is 34.5. The summed E-state index contributed by atoms with van der Waals surface area (Å²) in [7, 11) is 0. The first-order valence-corrected chi connectivity index (χ1v) is 18.8. The zero-order valence-corrected chi connectivity index (χ0v) is 30.7. The van der Waals surface area contributed by atoms with E-state index >= 15 is 0 Å². The van der Waals surface area contributed by atoms with Crippen LogP contribution >= 0.6 is 23.0 Å². The number of halogens is 1. The molecule has 0 bridgehead atoms. The van der Waals surface area contributed by atoms with Crippen LogP contribution in [0.25, 0.3) is 0 Å². The first kappa shape index (κ1) is 36.1. The summed E-state index contributed by atoms with van der Waals surface area (Å²) in [6.45, 7) is 5.29. The van der Waals surface area contributed by atoms with Gasteiger partial charge < -0.3 is 44.8 Å². The monoisotopic (exact) mass is 789 g/mol. The number of aromatic nitrogens is 1. The minimum atomic E-state index is -0.749. The molecular weight excluding hydrogens is 737 g/mol. The Bertz CT molecular complexity index is 1450. The maximum absolute atomic E-state index is 13.6. The largest absolute Gasteiger partial charge is 0.491 e. The van der Waals surface area contributed by atoms with Crippen LogP contribution in [-0.2, 0) is 20.8 Å². The van der Waals surface area contributed by atoms with Crippen molar-refractivity contribution in [2.45, 2.75) is 95.5 Å². The Labute approximate surface area is 303 Å². The Morgan fingerprint density at radius 3 is 2.51 bits per heavy atom. The second kappa shape index (κ2) is 16.1. The van der Waals surface area contributed by atoms with Gasteiger partial charge in [-0.05, 0) is 99.1 Å². The van der Waals surface area contributed by atoms with E-state index in [0.29, 0.717) is 74.9 Å². The van der Waals surface area contributed by atoms with Crippen molar-refractivity contribution in [3.05, 3.63) is 47.0 Å². The average Bonchev–Trinajstić information content (AvgIpc) is 3.93. The van der Waals surface area contributed by atoms with Gasteiger partial charge in [-0.2, -0.15) is 0 Å². The smallest absolute Gasteiger partial charge is 0.251 e. The van der Waals surface area contributed by atoms with Gasteiger partial charge in [-0.15, -0.1) is 0 Å². The molecule has 2 aromatic rings. The van der Waals surface area contributed by atoms with E-state index in [1.165, 1.54) is 19.3 Å². The molecule has 4 fully saturated rings. The highest BCUT2D eigenvalue weighted by atomic mass is 127. The number of hydrogen-bond donors (Lipinski definition) is 5. The molecule has 49 heavy (non-hydrogen) atoms. The standard InChI is InChI=1S/C36H52IN7O5/c1-23(39)31(45)22-48-29-7-5-24(27(15-29)20-38)6-8-30(49-37)21-40-34(46)26-16-32(41-28-18-36(19-28)9-2-10-36)42-33(17-26)43-11-13-44(14-12-43)35(47)25-3-4-25/h5,7,15-17,23,25,28,30-31,45H,2-4,6,8-14,18-22,38-39H2,1H3,(H,40,46)(H,41,42). The summed E-state index contributed by atoms with van der Waals surface area (Å²) < 4.78 is 11.5. The number of carbonyl (C=O) groups is 2. The fourth-order valence-electron chi connectivity index (χ4n) is 7.27. The molecule has 1 aliphatic heterocycles. The number of nitrogens with zero attached hydrogens (tertiary/aromatic N) is 3. The quantitative estimate of drug-likeness (QED) is 0.159. The number of aliphatic hydroxyl groups excluding tert-OH is 1. The van der Waals surface area contributed by atoms with Gasteiger partial charge in [0.1, 0.15) is 53.1 Å². The minimum absolute atomic E-state index is 0.112. The van der Waals surface area contributed by atoms with E-state index in [0.717, 1.165) is 48.4 Å². The van der Waals surface area contributed by atoms with Gasteiger partial charge in [0.25, 0.3) is 5.91 Å². The van der Waals surface area contributed by atoms with Gasteiger partial charge in [0.2, 0.25) is 5.91 Å². The fraction of sp³-hybridized carbons (Fsp3) is 0.639. The lowest BCUT2D eigenvalue weighted by Gasteiger charge is -2.54. The lowest BCUT2D eigenvalue weighted by molar-refractivity contribution is -0.132. The van der Waals surface area contributed by atoms with Gasteiger partial charge in [0.15, 0.2) is 0 Å². The number of benzene rings is 1. The molecular formula is C36H52IN7O5. The molecule has 6 rings (SSSR count). The molecule has 2 heterocycles. The SMILES string of the molecule is CC(N)C(O)COc1ccc(CCC(CNC(=O)c2cc(NC3CC4(CCC4)C3)nc(N3CCN(C(=O)C4CC4)CC3)c2)OI)c(CN)c1. The Hall–Kier alpha value is -2.72. The third kappa shape index (κ3) is 9.15. The van der Waals surface area contributed by atoms with Crippen molar-refractivity contribution < 1.29 is 22.5 Å². The lowest BCUT2D eigenvalue weighted by atomic mass is 9.54. The number of nitrogens with one attached hydrogen (secondary N) is 2. The highest BCUT2D eigenvalue weighted by Crippen LogP contribution is 2.56. The van der Waals surface area contributed by atoms with Gasteiger partial charge in [-0.3, -0.25) is 9.59 Å². The number of piperazine rings is 1. The molecule has 4 aliphatic rings. The van der Waals surface area contributed by atoms with Gasteiger partial charge in [-0.1, -0.05) is 12.5 Å². The Kier molecular flexibility index (Phi) is 11.8. The molecule has 12 nitrogen and oxygen atoms in total. The summed E-state index contributed by atoms with van der Waals surface area (Å²) >= 11 is 1.90. The predicted molar refractivity (Wildman–Crippen MR) is 198 cm³/mol. The van der Waals surface area contributed by atoms with Gasteiger partial charge >= 0.3 is 0 Å². The minimum Gasteiger partial charge on any atom is -0.491 e. The van der Waals surface area contributed by atoms with Crippen molar-refractivity contribution >= 4 is 46.5 Å². The molecule has 3 saturated carbocycles. The molecule has 1 saturated heterocycles. The molecule has 1 aromatic carbocycles. The number of hydrogen-bond acceptors (Lipinski definition) is 10. The van der Waals surface area contributed by atoms with E-state index in [-0.39, 0.29) is 36.5 Å². The number of aryl methyl sites for hydroxylation is 1. The van der Waals surface area contributed by atoms with E-state index in [9.17, 15) is 14.7 Å². The number of ether oxygens (including phenoxy) is 1. The summed E-state index contributed by atoms with van der Waals surface area (Å²) in [6, 6.07) is 9.50. The third-order valence-corrected chi connectivity index (χ3v) is 11.5. The van der Waals surface area contributed by atoms with E-state index in [1.54, 1.807) is 6.92 Å². The van der Waals surface area contributed by atoms with Crippen LogP contribution < -0.4 is 31.7 Å². The van der Waals surface area contributed by atoms with Crippen LogP contribution in [0.2, 0.25) is 0 Å². The fourth-order valence-corrected chi connectivity index (χ4v) is 7.71. The number of nitrogens with two attached hydrogens (primary N) is 2. The Morgan fingerprint density at radius 1 is 1.12 bits per heavy atom. The maximum atomic E-state index is 13.6. The first-order valence-electron chi connectivity index (χ1n) is 17.9. The van der Waals surface area contributed by atoms with Crippen LogP contribution in [-0.4, -0.2) is 90.4 Å². The number of aliphatic hydroxyl groups is 1. The molecule has 7 N–H and O–H groups in total. The highest BCUT2D eigenvalue weighted by Gasteiger charge is 2.48. The highest BCUT2D eigenvalue weighted by molar-refractivity contribution is 14.1. The first-order chi connectivity index (χ1) is 23.6. The molecule has 2 amide bonds. The topological polar surface area (TPSA) is 168 Å². The molecule has 3 atom stereocenters. The van der Waals surface area contributed by atoms with E-state index in [2.05, 4.69) is 15.5 Å². The number of rotatable bonds is 16. The van der Waals surface area contributed by atoms with Crippen LogP contribution in [0.15, 0.2) is 30.3 Å². The molecule has 3 aliphatic carbocycles. The maximum Gasteiger partial charge on any atom is 0.251 e. The van der Waals surface area contributed by atoms with E-state index in [1.807, 2.05) is 58.2 Å². The summed E-state index contributed by atoms with van der Waals surface area (Å²) in [5.74, 6) is 2.46. The molecule has 3 unspecified atom stereocenters. The van der Waals surface area contributed by atoms with Crippen molar-refractivity contribution in [3.8, 4) is 5.75 Å². The van der Waals surface area contributed by atoms with E-state index < -0.39 is 6.10 Å². The predicted octanol–water partition coefficient (Wildman–Crippen LogP) is 3.53. The van der Waals surface area contributed by atoms with Crippen LogP contribution in [0.3, 0.4) is 0 Å². The third-order valence-electron chi connectivity index (χ3n) is 10.8. The van der Waals surface area contributed by atoms with Crippen LogP contribution in [0, 0.1) is 11.3 Å². The van der Waals surface area contributed by atoms with Crippen LogP contribution in [0.1, 0.15) is 79.8 Å². The second-order valence-electron chi connectivity index (χ2n) is 14.6. The molecule has 13 heteroatoms. The van der Waals surface area contributed by atoms with E-state index in [4.69, 9.17) is 24.3 Å².